The van der Waals surface area contributed by atoms with Crippen LogP contribution in [0.5, 0.6) is 0 Å². The van der Waals surface area contributed by atoms with E-state index < -0.39 is 0 Å². The van der Waals surface area contributed by atoms with Crippen molar-refractivity contribution in [1.29, 1.82) is 0 Å². The molecule has 1 aliphatic carbocycles. The van der Waals surface area contributed by atoms with Gasteiger partial charge >= 0.3 is 0 Å². The highest BCUT2D eigenvalue weighted by atomic mass is 16.3. The first kappa shape index (κ1) is 28.3. The van der Waals surface area contributed by atoms with Gasteiger partial charge in [-0.2, -0.15) is 0 Å². The topological polar surface area (TPSA) is 43.9 Å². The smallest absolute Gasteiger partial charge is 0.235 e. The molecule has 3 aromatic heterocycles. The molecule has 0 amide bonds. The molecule has 3 heterocycles. The third kappa shape index (κ3) is 3.85. The first-order valence-electron chi connectivity index (χ1n) is 17.5. The molecule has 0 atom stereocenters. The Hall–Kier alpha value is -6.52. The van der Waals surface area contributed by atoms with E-state index in [4.69, 9.17) is 14.4 Å². The zero-order chi connectivity index (χ0) is 33.8. The van der Waals surface area contributed by atoms with Gasteiger partial charge in [-0.25, -0.2) is 9.97 Å². The lowest BCUT2D eigenvalue weighted by atomic mass is 9.81. The Balaban J connectivity index is 1.35. The molecule has 4 nitrogen and oxygen atoms in total. The molecule has 0 N–H and O–H groups in total. The fraction of sp³-hybridized carbons (Fsp3) is 0.0638. The van der Waals surface area contributed by atoms with Crippen LogP contribution in [0.2, 0.25) is 0 Å². The van der Waals surface area contributed by atoms with Gasteiger partial charge in [0.2, 0.25) is 5.95 Å². The largest absolute Gasteiger partial charge is 0.454 e. The van der Waals surface area contributed by atoms with Gasteiger partial charge in [0, 0.05) is 43.5 Å². The van der Waals surface area contributed by atoms with Gasteiger partial charge < -0.3 is 4.42 Å². The van der Waals surface area contributed by atoms with Crippen molar-refractivity contribution >= 4 is 54.5 Å². The van der Waals surface area contributed by atoms with Crippen molar-refractivity contribution in [2.45, 2.75) is 19.3 Å². The highest BCUT2D eigenvalue weighted by Gasteiger charge is 2.41. The van der Waals surface area contributed by atoms with Gasteiger partial charge in [0.1, 0.15) is 11.1 Å². The monoisotopic (exact) mass is 653 g/mol. The summed E-state index contributed by atoms with van der Waals surface area (Å²) >= 11 is 0. The van der Waals surface area contributed by atoms with Crippen LogP contribution in [-0.2, 0) is 5.41 Å². The predicted octanol–water partition coefficient (Wildman–Crippen LogP) is 12.3. The maximum absolute atomic E-state index is 6.78. The highest BCUT2D eigenvalue weighted by molar-refractivity contribution is 6.18. The molecule has 0 saturated heterocycles. The Morgan fingerprint density at radius 3 is 1.98 bits per heavy atom. The summed E-state index contributed by atoms with van der Waals surface area (Å²) in [4.78, 5) is 11.2. The molecule has 240 valence electrons. The third-order valence-electron chi connectivity index (χ3n) is 11.0. The van der Waals surface area contributed by atoms with Gasteiger partial charge in [0.25, 0.3) is 0 Å². The SMILES string of the molecule is CC1(C)c2ccccc2-c2c1c1ccc3c4ccccc4oc3c1n2-c1nc(-c2ccccc2)c2cc(-c3ccccc3)c3ccccc3c2n1. The van der Waals surface area contributed by atoms with Crippen LogP contribution < -0.4 is 0 Å². The molecular formula is C47H31N3O. The second-order valence-electron chi connectivity index (χ2n) is 14.1. The lowest BCUT2D eigenvalue weighted by Crippen LogP contribution is -2.14. The summed E-state index contributed by atoms with van der Waals surface area (Å²) in [5.41, 5.74) is 12.6. The van der Waals surface area contributed by atoms with E-state index in [0.717, 1.165) is 71.5 Å². The molecule has 0 spiro atoms. The third-order valence-corrected chi connectivity index (χ3v) is 11.0. The van der Waals surface area contributed by atoms with Crippen LogP contribution in [0, 0.1) is 0 Å². The minimum absolute atomic E-state index is 0.245. The quantitative estimate of drug-likeness (QED) is 0.178. The molecule has 1 aliphatic rings. The average molecular weight is 654 g/mol. The minimum Gasteiger partial charge on any atom is -0.454 e. The lowest BCUT2D eigenvalue weighted by molar-refractivity contribution is 0.666. The van der Waals surface area contributed by atoms with Crippen molar-refractivity contribution < 1.29 is 4.42 Å². The summed E-state index contributed by atoms with van der Waals surface area (Å²) < 4.78 is 9.08. The van der Waals surface area contributed by atoms with E-state index in [1.54, 1.807) is 0 Å². The van der Waals surface area contributed by atoms with Crippen molar-refractivity contribution in [1.82, 2.24) is 14.5 Å². The molecule has 0 bridgehead atoms. The highest BCUT2D eigenvalue weighted by Crippen LogP contribution is 2.55. The van der Waals surface area contributed by atoms with E-state index in [9.17, 15) is 0 Å². The number of fused-ring (bicyclic) bond motifs is 12. The van der Waals surface area contributed by atoms with E-state index in [1.807, 2.05) is 6.07 Å². The molecule has 7 aromatic carbocycles. The molecule has 0 saturated carbocycles. The standard InChI is InChI=1S/C47H31N3O/c1-47(2)38-23-13-11-22-34(38)43-40(47)35-26-25-33-31-20-12-14-24-39(31)51-45(33)44(35)50(43)46-48-41(29-17-7-4-8-18-29)37-27-36(28-15-5-3-6-16-28)30-19-9-10-21-32(30)42(37)49-46/h3-27H,1-2H3. The Labute approximate surface area is 294 Å². The average Bonchev–Trinajstić information content (AvgIpc) is 3.81. The Bertz CT molecular complexity index is 3040. The van der Waals surface area contributed by atoms with Gasteiger partial charge in [-0.15, -0.1) is 0 Å². The van der Waals surface area contributed by atoms with Crippen molar-refractivity contribution in [2.75, 3.05) is 0 Å². The first-order chi connectivity index (χ1) is 25.1. The Morgan fingerprint density at radius 2 is 1.18 bits per heavy atom. The van der Waals surface area contributed by atoms with Gasteiger partial charge in [-0.1, -0.05) is 147 Å². The van der Waals surface area contributed by atoms with Crippen LogP contribution >= 0.6 is 0 Å². The zero-order valence-electron chi connectivity index (χ0n) is 28.2. The molecule has 10 aromatic rings. The second-order valence-corrected chi connectivity index (χ2v) is 14.1. The van der Waals surface area contributed by atoms with Crippen LogP contribution in [0.15, 0.2) is 156 Å². The molecule has 11 rings (SSSR count). The summed E-state index contributed by atoms with van der Waals surface area (Å²) in [6.45, 7) is 4.67. The van der Waals surface area contributed by atoms with E-state index in [2.05, 4.69) is 164 Å². The molecule has 0 radical (unpaired) electrons. The summed E-state index contributed by atoms with van der Waals surface area (Å²) in [5, 5.41) is 6.62. The van der Waals surface area contributed by atoms with Crippen LogP contribution in [0.4, 0.5) is 0 Å². The van der Waals surface area contributed by atoms with Crippen LogP contribution in [0.1, 0.15) is 25.0 Å². The maximum Gasteiger partial charge on any atom is 0.235 e. The summed E-state index contributed by atoms with van der Waals surface area (Å²) in [5.74, 6) is 0.630. The normalized spacial score (nSPS) is 13.5. The van der Waals surface area contributed by atoms with Crippen molar-refractivity contribution in [3.8, 4) is 39.6 Å². The maximum atomic E-state index is 6.78. The predicted molar refractivity (Wildman–Crippen MR) is 210 cm³/mol. The van der Waals surface area contributed by atoms with E-state index >= 15 is 0 Å². The molecule has 0 fully saturated rings. The number of furan rings is 1. The fourth-order valence-electron chi connectivity index (χ4n) is 8.73. The first-order valence-corrected chi connectivity index (χ1v) is 17.5. The molecule has 0 unspecified atom stereocenters. The van der Waals surface area contributed by atoms with Crippen molar-refractivity contribution in [3.63, 3.8) is 0 Å². The van der Waals surface area contributed by atoms with E-state index in [1.165, 1.54) is 27.8 Å². The van der Waals surface area contributed by atoms with E-state index in [-0.39, 0.29) is 5.41 Å². The lowest BCUT2D eigenvalue weighted by Gasteiger charge is -2.21. The number of para-hydroxylation sites is 1. The summed E-state index contributed by atoms with van der Waals surface area (Å²) in [6, 6.07) is 53.7. The van der Waals surface area contributed by atoms with Gasteiger partial charge in [-0.3, -0.25) is 4.57 Å². The number of benzene rings is 7. The zero-order valence-corrected chi connectivity index (χ0v) is 28.2. The fourth-order valence-corrected chi connectivity index (χ4v) is 8.73. The number of aromatic nitrogens is 3. The molecule has 4 heteroatoms. The number of hydrogen-bond donors (Lipinski definition) is 0. The van der Waals surface area contributed by atoms with Crippen molar-refractivity contribution in [2.24, 2.45) is 0 Å². The molecule has 51 heavy (non-hydrogen) atoms. The van der Waals surface area contributed by atoms with Crippen LogP contribution in [0.3, 0.4) is 0 Å². The number of hydrogen-bond acceptors (Lipinski definition) is 3. The summed E-state index contributed by atoms with van der Waals surface area (Å²) in [6.07, 6.45) is 0. The van der Waals surface area contributed by atoms with Crippen LogP contribution in [-0.4, -0.2) is 14.5 Å². The second kappa shape index (κ2) is 10.3. The number of nitrogens with zero attached hydrogens (tertiary/aromatic N) is 3. The van der Waals surface area contributed by atoms with Crippen molar-refractivity contribution in [3.05, 3.63) is 163 Å². The van der Waals surface area contributed by atoms with Gasteiger partial charge in [-0.05, 0) is 45.8 Å². The van der Waals surface area contributed by atoms with Gasteiger partial charge in [0.15, 0.2) is 5.58 Å². The number of rotatable bonds is 3. The summed E-state index contributed by atoms with van der Waals surface area (Å²) in [7, 11) is 0. The Morgan fingerprint density at radius 1 is 0.529 bits per heavy atom. The molecule has 0 aliphatic heterocycles. The Kier molecular flexibility index (Phi) is 5.70. The molecular weight excluding hydrogens is 623 g/mol. The van der Waals surface area contributed by atoms with Gasteiger partial charge in [0.05, 0.1) is 16.9 Å². The van der Waals surface area contributed by atoms with Crippen LogP contribution in [0.25, 0.3) is 94.1 Å². The minimum atomic E-state index is -0.245. The van der Waals surface area contributed by atoms with E-state index in [0.29, 0.717) is 5.95 Å².